The molecule has 1 aromatic heterocycles. The molecule has 62 heavy (non-hydrogen) atoms. The summed E-state index contributed by atoms with van der Waals surface area (Å²) in [4.78, 5) is 30.1. The van der Waals surface area contributed by atoms with Gasteiger partial charge in [0.15, 0.2) is 0 Å². The monoisotopic (exact) mass is 853 g/mol. The summed E-state index contributed by atoms with van der Waals surface area (Å²) < 4.78 is 43.7. The van der Waals surface area contributed by atoms with Crippen LogP contribution in [0.3, 0.4) is 0 Å². The van der Waals surface area contributed by atoms with Crippen molar-refractivity contribution in [3.63, 3.8) is 0 Å². The minimum Gasteiger partial charge on any atom is -0.508 e. The highest BCUT2D eigenvalue weighted by Crippen LogP contribution is 2.49. The third-order valence-corrected chi connectivity index (χ3v) is 15.6. The average molecular weight is 853 g/mol. The molecule has 12 heteroatoms. The number of benzene rings is 2. The van der Waals surface area contributed by atoms with Gasteiger partial charge in [0.2, 0.25) is 5.91 Å². The van der Waals surface area contributed by atoms with Gasteiger partial charge in [-0.3, -0.25) is 14.6 Å². The Morgan fingerprint density at radius 2 is 1.90 bits per heavy atom. The van der Waals surface area contributed by atoms with Crippen molar-refractivity contribution in [3.8, 4) is 24.1 Å². The average Bonchev–Trinajstić information content (AvgIpc) is 3.89. The number of amides is 1. The number of likely N-dealkylation sites (tertiary alicyclic amines) is 1. The fourth-order valence-electron chi connectivity index (χ4n) is 12.0. The number of nitrogens with one attached hydrogen (secondary N) is 1. The minimum absolute atomic E-state index is 0.0888. The van der Waals surface area contributed by atoms with Crippen molar-refractivity contribution in [1.29, 1.82) is 0 Å². The van der Waals surface area contributed by atoms with Crippen LogP contribution in [0.25, 0.3) is 10.8 Å². The van der Waals surface area contributed by atoms with Crippen LogP contribution in [0.1, 0.15) is 120 Å². The van der Waals surface area contributed by atoms with Gasteiger partial charge in [-0.25, -0.2) is 8.78 Å². The number of nitrogens with zero attached hydrogens (tertiary/aromatic N) is 5. The Labute approximate surface area is 366 Å². The molecule has 4 atom stereocenters. The number of aromatic hydroxyl groups is 1. The summed E-state index contributed by atoms with van der Waals surface area (Å²) in [6.45, 7) is 16.2. The van der Waals surface area contributed by atoms with E-state index >= 15 is 8.78 Å². The Morgan fingerprint density at radius 1 is 1.16 bits per heavy atom. The normalized spacial score (nSPS) is 28.0. The predicted molar refractivity (Wildman–Crippen MR) is 240 cm³/mol. The molecule has 8 rings (SSSR count). The predicted octanol–water partition coefficient (Wildman–Crippen LogP) is 8.34. The smallest absolute Gasteiger partial charge is 0.318 e. The maximum absolute atomic E-state index is 16.0. The molecule has 0 radical (unpaired) electrons. The molecule has 3 heterocycles. The number of likely N-dealkylation sites (N-methyl/N-ethyl adjacent to an activating group) is 1. The summed E-state index contributed by atoms with van der Waals surface area (Å²) in [7, 11) is 1.85. The van der Waals surface area contributed by atoms with E-state index in [1.54, 1.807) is 18.2 Å². The molecule has 1 amide bonds. The van der Waals surface area contributed by atoms with Crippen LogP contribution in [0.2, 0.25) is 0 Å². The highest BCUT2D eigenvalue weighted by Gasteiger charge is 2.56. The lowest BCUT2D eigenvalue weighted by Gasteiger charge is -2.52. The van der Waals surface area contributed by atoms with Crippen LogP contribution in [-0.2, 0) is 22.4 Å². The Bertz CT molecular complexity index is 2190. The zero-order valence-electron chi connectivity index (χ0n) is 37.4. The van der Waals surface area contributed by atoms with Crippen molar-refractivity contribution in [2.45, 2.75) is 146 Å². The third kappa shape index (κ3) is 8.30. The molecule has 0 bridgehead atoms. The summed E-state index contributed by atoms with van der Waals surface area (Å²) in [6.07, 6.45) is 16.3. The number of rotatable bonds is 11. The molecule has 5 aliphatic rings. The molecule has 334 valence electrons. The van der Waals surface area contributed by atoms with E-state index in [9.17, 15) is 9.90 Å². The molecule has 4 fully saturated rings. The summed E-state index contributed by atoms with van der Waals surface area (Å²) in [6, 6.07) is 7.70. The molecule has 3 aromatic rings. The van der Waals surface area contributed by atoms with Gasteiger partial charge in [-0.15, -0.1) is 6.42 Å². The lowest BCUT2D eigenvalue weighted by atomic mass is 9.71. The number of carbonyl (C=O) groups excluding carboxylic acids is 1. The Hall–Kier alpha value is -4.31. The fraction of sp³-hybridized carbons (Fsp3) is 0.620. The van der Waals surface area contributed by atoms with E-state index < -0.39 is 23.1 Å². The largest absolute Gasteiger partial charge is 0.508 e. The van der Waals surface area contributed by atoms with E-state index in [2.05, 4.69) is 55.3 Å². The molecule has 3 aliphatic carbocycles. The summed E-state index contributed by atoms with van der Waals surface area (Å²) in [5.41, 5.74) is 1.38. The number of aromatic nitrogens is 2. The standard InChI is InChI=1S/C50H66F2N6O4/c1-8-39-42(52)19-13-34-24-38(59)26-41(45(34)39)33-12-18-40-43(25-33)54-47(55-46(40)53-30-49(20-10-11-21-49)56(7)44(60)9-2)62-31-50(48(4,5)6)27-35(51)28-58(50)37-16-14-36(15-17-37)57-22-23-61-29-32(57)3/h1,9,13,19,24,26,32-33,35-37,59H,2,10-12,14-18,20-23,25,27-31H2,3-7H3,(H,53,54,55)/t32-,33+,35+,36?,37?,50-/m0/s1. The van der Waals surface area contributed by atoms with Gasteiger partial charge in [0.1, 0.15) is 30.2 Å². The number of ether oxygens (including phenoxy) is 2. The molecule has 2 aromatic carbocycles. The van der Waals surface area contributed by atoms with Gasteiger partial charge in [0.05, 0.1) is 35.5 Å². The number of hydrogen-bond acceptors (Lipinski definition) is 9. The molecule has 2 N–H and O–H groups in total. The first-order chi connectivity index (χ1) is 29.7. The zero-order valence-corrected chi connectivity index (χ0v) is 37.4. The van der Waals surface area contributed by atoms with Gasteiger partial charge >= 0.3 is 6.01 Å². The molecule has 2 saturated carbocycles. The number of fused-ring (bicyclic) bond motifs is 2. The first-order valence-corrected chi connectivity index (χ1v) is 23.0. The van der Waals surface area contributed by atoms with E-state index in [-0.39, 0.29) is 47.2 Å². The molecule has 2 saturated heterocycles. The van der Waals surface area contributed by atoms with E-state index in [1.165, 1.54) is 12.1 Å². The fourth-order valence-corrected chi connectivity index (χ4v) is 12.0. The number of terminal acetylenes is 1. The third-order valence-electron chi connectivity index (χ3n) is 15.6. The number of alkyl halides is 1. The highest BCUT2D eigenvalue weighted by atomic mass is 19.1. The first-order valence-electron chi connectivity index (χ1n) is 23.0. The number of phenols is 1. The van der Waals surface area contributed by atoms with Crippen molar-refractivity contribution in [2.75, 3.05) is 51.8 Å². The molecular weight excluding hydrogens is 787 g/mol. The van der Waals surface area contributed by atoms with Crippen LogP contribution in [0.15, 0.2) is 36.9 Å². The Morgan fingerprint density at radius 3 is 2.60 bits per heavy atom. The lowest BCUT2D eigenvalue weighted by Crippen LogP contribution is -2.61. The molecule has 10 nitrogen and oxygen atoms in total. The highest BCUT2D eigenvalue weighted by molar-refractivity contribution is 5.93. The zero-order chi connectivity index (χ0) is 44.0. The first kappa shape index (κ1) is 44.3. The molecule has 0 unspecified atom stereocenters. The van der Waals surface area contributed by atoms with Crippen molar-refractivity contribution in [2.24, 2.45) is 5.41 Å². The number of anilines is 1. The van der Waals surface area contributed by atoms with Gasteiger partial charge in [-0.1, -0.05) is 52.2 Å². The summed E-state index contributed by atoms with van der Waals surface area (Å²) in [5, 5.41) is 15.9. The second kappa shape index (κ2) is 17.7. The van der Waals surface area contributed by atoms with E-state index in [1.807, 2.05) is 11.9 Å². The van der Waals surface area contributed by atoms with Crippen molar-refractivity contribution in [3.05, 3.63) is 65.1 Å². The number of carbonyl (C=O) groups is 1. The van der Waals surface area contributed by atoms with Crippen molar-refractivity contribution < 1.29 is 28.2 Å². The number of phenolic OH excluding ortho intramolecular Hbond substituents is 1. The molecular formula is C50H66F2N6O4. The maximum Gasteiger partial charge on any atom is 0.318 e. The second-order valence-electron chi connectivity index (χ2n) is 20.0. The van der Waals surface area contributed by atoms with Gasteiger partial charge in [-0.2, -0.15) is 9.97 Å². The second-order valence-corrected chi connectivity index (χ2v) is 20.0. The summed E-state index contributed by atoms with van der Waals surface area (Å²) in [5.74, 6) is 2.60. The quantitative estimate of drug-likeness (QED) is 0.146. The SMILES string of the molecule is C#Cc1c(F)ccc2cc(O)cc([C@@H]3CCc4c(nc(OC[C@]5(C(C)(C)C)C[C@@H](F)CN5C5CCC(N6CCOC[C@@H]6C)CC5)nc4NCC4(N(C)C(=O)C=C)CCCC4)C3)c12. The number of halogens is 2. The van der Waals surface area contributed by atoms with Crippen LogP contribution in [0.5, 0.6) is 11.8 Å². The van der Waals surface area contributed by atoms with Crippen LogP contribution in [-0.4, -0.2) is 118 Å². The van der Waals surface area contributed by atoms with Crippen molar-refractivity contribution in [1.82, 2.24) is 24.7 Å². The van der Waals surface area contributed by atoms with E-state index in [0.29, 0.717) is 67.4 Å². The van der Waals surface area contributed by atoms with E-state index in [4.69, 9.17) is 25.9 Å². The van der Waals surface area contributed by atoms with Gasteiger partial charge in [0.25, 0.3) is 0 Å². The van der Waals surface area contributed by atoms with Crippen LogP contribution in [0.4, 0.5) is 14.6 Å². The van der Waals surface area contributed by atoms with Crippen LogP contribution >= 0.6 is 0 Å². The maximum atomic E-state index is 16.0. The Balaban J connectivity index is 1.12. The van der Waals surface area contributed by atoms with Crippen LogP contribution in [0, 0.1) is 23.6 Å². The minimum atomic E-state index is -0.982. The van der Waals surface area contributed by atoms with Crippen molar-refractivity contribution >= 4 is 22.5 Å². The van der Waals surface area contributed by atoms with Gasteiger partial charge < -0.3 is 24.8 Å². The van der Waals surface area contributed by atoms with Gasteiger partial charge in [-0.05, 0) is 111 Å². The topological polar surface area (TPSA) is 103 Å². The number of hydrogen-bond donors (Lipinski definition) is 2. The van der Waals surface area contributed by atoms with Gasteiger partial charge in [0, 0.05) is 62.2 Å². The molecule has 2 aliphatic heterocycles. The lowest BCUT2D eigenvalue weighted by molar-refractivity contribution is -0.129. The number of morpholine rings is 1. The Kier molecular flexibility index (Phi) is 12.6. The van der Waals surface area contributed by atoms with Crippen LogP contribution < -0.4 is 10.1 Å². The molecule has 0 spiro atoms. The summed E-state index contributed by atoms with van der Waals surface area (Å²) >= 11 is 0. The van der Waals surface area contributed by atoms with E-state index in [0.717, 1.165) is 87.9 Å².